The van der Waals surface area contributed by atoms with Gasteiger partial charge in [0, 0.05) is 16.6 Å². The summed E-state index contributed by atoms with van der Waals surface area (Å²) in [5.74, 6) is 0.847. The van der Waals surface area contributed by atoms with Gasteiger partial charge in [-0.15, -0.1) is 11.3 Å². The summed E-state index contributed by atoms with van der Waals surface area (Å²) >= 11 is 1.60. The fraction of sp³-hybridized carbons (Fsp3) is 0.273. The van der Waals surface area contributed by atoms with Crippen LogP contribution in [0.25, 0.3) is 0 Å². The lowest BCUT2D eigenvalue weighted by molar-refractivity contribution is 0.102. The van der Waals surface area contributed by atoms with Gasteiger partial charge in [0.25, 0.3) is 5.91 Å². The molecule has 0 saturated carbocycles. The Kier molecular flexibility index (Phi) is 5.91. The standard InChI is InChI=1S/C22H24N2O2S/c1-14(2)20-10-5-7-15(3)21(20)24-22(25)17-8-6-9-19(11-17)26-12-18-13-27-16(4)23-18/h5-11,13-14H,12H2,1-4H3,(H,24,25). The summed E-state index contributed by atoms with van der Waals surface area (Å²) in [5, 5.41) is 6.07. The van der Waals surface area contributed by atoms with Gasteiger partial charge in [-0.05, 0) is 49.1 Å². The molecule has 0 bridgehead atoms. The molecule has 1 amide bonds. The van der Waals surface area contributed by atoms with Gasteiger partial charge < -0.3 is 10.1 Å². The molecule has 0 radical (unpaired) electrons. The van der Waals surface area contributed by atoms with E-state index in [2.05, 4.69) is 30.2 Å². The molecule has 3 aromatic rings. The van der Waals surface area contributed by atoms with E-state index in [4.69, 9.17) is 4.74 Å². The van der Waals surface area contributed by atoms with Crippen LogP contribution in [0.5, 0.6) is 5.75 Å². The Labute approximate surface area is 164 Å². The summed E-state index contributed by atoms with van der Waals surface area (Å²) in [4.78, 5) is 17.2. The van der Waals surface area contributed by atoms with Crippen molar-refractivity contribution < 1.29 is 9.53 Å². The number of amides is 1. The van der Waals surface area contributed by atoms with E-state index in [1.54, 1.807) is 23.5 Å². The SMILES string of the molecule is Cc1nc(COc2cccc(C(=O)Nc3c(C)cccc3C(C)C)c2)cs1. The maximum atomic E-state index is 12.8. The number of benzene rings is 2. The van der Waals surface area contributed by atoms with Gasteiger partial charge in [-0.3, -0.25) is 4.79 Å². The molecule has 1 N–H and O–H groups in total. The number of rotatable bonds is 6. The van der Waals surface area contributed by atoms with Crippen molar-refractivity contribution in [1.82, 2.24) is 4.98 Å². The predicted octanol–water partition coefficient (Wildman–Crippen LogP) is 5.71. The Morgan fingerprint density at radius 3 is 2.67 bits per heavy atom. The average molecular weight is 381 g/mol. The molecule has 0 unspecified atom stereocenters. The van der Waals surface area contributed by atoms with Crippen LogP contribution in [0.4, 0.5) is 5.69 Å². The van der Waals surface area contributed by atoms with Gasteiger partial charge in [0.2, 0.25) is 0 Å². The van der Waals surface area contributed by atoms with Crippen LogP contribution in [0.15, 0.2) is 47.8 Å². The number of hydrogen-bond donors (Lipinski definition) is 1. The highest BCUT2D eigenvalue weighted by Gasteiger charge is 2.14. The third kappa shape index (κ3) is 4.74. The van der Waals surface area contributed by atoms with Crippen molar-refractivity contribution >= 4 is 22.9 Å². The van der Waals surface area contributed by atoms with E-state index in [9.17, 15) is 4.79 Å². The van der Waals surface area contributed by atoms with E-state index in [1.807, 2.05) is 43.5 Å². The molecule has 4 nitrogen and oxygen atoms in total. The molecule has 140 valence electrons. The van der Waals surface area contributed by atoms with Gasteiger partial charge in [-0.2, -0.15) is 0 Å². The molecule has 0 atom stereocenters. The minimum atomic E-state index is -0.138. The molecule has 0 aliphatic carbocycles. The normalized spacial score (nSPS) is 10.9. The molecule has 0 aliphatic rings. The molecule has 3 rings (SSSR count). The summed E-state index contributed by atoms with van der Waals surface area (Å²) in [5.41, 5.74) is 4.55. The van der Waals surface area contributed by atoms with Gasteiger partial charge in [0.05, 0.1) is 10.7 Å². The van der Waals surface area contributed by atoms with E-state index in [0.29, 0.717) is 23.8 Å². The second-order valence-electron chi connectivity index (χ2n) is 6.82. The third-order valence-corrected chi connectivity index (χ3v) is 5.14. The first-order valence-electron chi connectivity index (χ1n) is 8.98. The van der Waals surface area contributed by atoms with E-state index in [0.717, 1.165) is 27.5 Å². The van der Waals surface area contributed by atoms with Crippen LogP contribution in [0, 0.1) is 13.8 Å². The number of thiazole rings is 1. The van der Waals surface area contributed by atoms with Gasteiger partial charge in [-0.25, -0.2) is 4.98 Å². The Morgan fingerprint density at radius 2 is 1.96 bits per heavy atom. The zero-order valence-corrected chi connectivity index (χ0v) is 16.9. The van der Waals surface area contributed by atoms with Gasteiger partial charge in [0.1, 0.15) is 12.4 Å². The largest absolute Gasteiger partial charge is 0.487 e. The van der Waals surface area contributed by atoms with Crippen molar-refractivity contribution in [2.45, 2.75) is 40.2 Å². The van der Waals surface area contributed by atoms with Crippen LogP contribution >= 0.6 is 11.3 Å². The molecule has 2 aromatic carbocycles. The Hall–Kier alpha value is -2.66. The molecule has 0 aliphatic heterocycles. The highest BCUT2D eigenvalue weighted by Crippen LogP contribution is 2.28. The van der Waals surface area contributed by atoms with E-state index < -0.39 is 0 Å². The molecule has 5 heteroatoms. The summed E-state index contributed by atoms with van der Waals surface area (Å²) in [6.45, 7) is 8.62. The number of aromatic nitrogens is 1. The minimum Gasteiger partial charge on any atom is -0.487 e. The summed E-state index contributed by atoms with van der Waals surface area (Å²) in [7, 11) is 0. The van der Waals surface area contributed by atoms with Crippen molar-refractivity contribution in [3.63, 3.8) is 0 Å². The zero-order valence-electron chi connectivity index (χ0n) is 16.1. The first-order chi connectivity index (χ1) is 12.9. The van der Waals surface area contributed by atoms with Crippen molar-refractivity contribution in [2.75, 3.05) is 5.32 Å². The first kappa shape index (κ1) is 19.1. The molecule has 1 heterocycles. The van der Waals surface area contributed by atoms with Crippen LogP contribution in [-0.4, -0.2) is 10.9 Å². The van der Waals surface area contributed by atoms with Gasteiger partial charge >= 0.3 is 0 Å². The van der Waals surface area contributed by atoms with Crippen molar-refractivity contribution in [2.24, 2.45) is 0 Å². The first-order valence-corrected chi connectivity index (χ1v) is 9.86. The Morgan fingerprint density at radius 1 is 1.19 bits per heavy atom. The third-order valence-electron chi connectivity index (χ3n) is 4.32. The number of carbonyl (C=O) groups is 1. The zero-order chi connectivity index (χ0) is 19.4. The van der Waals surface area contributed by atoms with Crippen LogP contribution in [0.2, 0.25) is 0 Å². The number of nitrogens with one attached hydrogen (secondary N) is 1. The molecule has 27 heavy (non-hydrogen) atoms. The highest BCUT2D eigenvalue weighted by molar-refractivity contribution is 7.09. The second-order valence-corrected chi connectivity index (χ2v) is 7.88. The molecule has 0 saturated heterocycles. The fourth-order valence-electron chi connectivity index (χ4n) is 2.89. The van der Waals surface area contributed by atoms with Crippen LogP contribution in [-0.2, 0) is 6.61 Å². The molecular weight excluding hydrogens is 356 g/mol. The van der Waals surface area contributed by atoms with Crippen molar-refractivity contribution in [3.05, 3.63) is 75.2 Å². The maximum Gasteiger partial charge on any atom is 0.255 e. The van der Waals surface area contributed by atoms with Crippen molar-refractivity contribution in [1.29, 1.82) is 0 Å². The predicted molar refractivity (Wildman–Crippen MR) is 111 cm³/mol. The van der Waals surface area contributed by atoms with E-state index in [1.165, 1.54) is 0 Å². The Bertz CT molecular complexity index is 947. The highest BCUT2D eigenvalue weighted by atomic mass is 32.1. The van der Waals surface area contributed by atoms with Crippen LogP contribution in [0.3, 0.4) is 0 Å². The topological polar surface area (TPSA) is 51.2 Å². The number of aryl methyl sites for hydroxylation is 2. The van der Waals surface area contributed by atoms with Crippen molar-refractivity contribution in [3.8, 4) is 5.75 Å². The lowest BCUT2D eigenvalue weighted by Gasteiger charge is -2.16. The lowest BCUT2D eigenvalue weighted by atomic mass is 9.98. The number of carbonyl (C=O) groups excluding carboxylic acids is 1. The molecule has 0 fully saturated rings. The van der Waals surface area contributed by atoms with Gasteiger partial charge in [-0.1, -0.05) is 38.1 Å². The quantitative estimate of drug-likeness (QED) is 0.595. The van der Waals surface area contributed by atoms with Crippen LogP contribution < -0.4 is 10.1 Å². The second kappa shape index (κ2) is 8.35. The summed E-state index contributed by atoms with van der Waals surface area (Å²) in [6.07, 6.45) is 0. The summed E-state index contributed by atoms with van der Waals surface area (Å²) < 4.78 is 5.80. The number of hydrogen-bond acceptors (Lipinski definition) is 4. The van der Waals surface area contributed by atoms with E-state index in [-0.39, 0.29) is 5.91 Å². The fourth-order valence-corrected chi connectivity index (χ4v) is 3.48. The number of ether oxygens (including phenoxy) is 1. The number of anilines is 1. The minimum absolute atomic E-state index is 0.138. The molecule has 0 spiro atoms. The van der Waals surface area contributed by atoms with Gasteiger partial charge in [0.15, 0.2) is 0 Å². The number of nitrogens with zero attached hydrogens (tertiary/aromatic N) is 1. The molecular formula is C22H24N2O2S. The van der Waals surface area contributed by atoms with Crippen LogP contribution in [0.1, 0.15) is 52.0 Å². The smallest absolute Gasteiger partial charge is 0.255 e. The Balaban J connectivity index is 1.74. The average Bonchev–Trinajstić information content (AvgIpc) is 3.07. The van der Waals surface area contributed by atoms with E-state index >= 15 is 0 Å². The lowest BCUT2D eigenvalue weighted by Crippen LogP contribution is -2.15. The summed E-state index contributed by atoms with van der Waals surface area (Å²) in [6, 6.07) is 13.3. The monoisotopic (exact) mass is 380 g/mol. The maximum absolute atomic E-state index is 12.8. The molecule has 1 aromatic heterocycles. The number of para-hydroxylation sites is 1.